The van der Waals surface area contributed by atoms with Crippen LogP contribution in [0.5, 0.6) is 5.75 Å². The molecule has 92 valence electrons. The minimum absolute atomic E-state index is 0.230. The Morgan fingerprint density at radius 2 is 2.00 bits per heavy atom. The number of aryl methyl sites for hydroxylation is 1. The number of nitriles is 1. The summed E-state index contributed by atoms with van der Waals surface area (Å²) in [5.41, 5.74) is 2.16. The standard InChI is InChI=1S/C16H12N2O/c1-13-6-4-8-15(18-13)9-5-11-19-16-10-3-2-7-14(16)12-17/h2-4,6-8,10H,11H2,1H3. The van der Waals surface area contributed by atoms with Gasteiger partial charge in [-0.3, -0.25) is 0 Å². The largest absolute Gasteiger partial charge is 0.480 e. The Morgan fingerprint density at radius 1 is 1.16 bits per heavy atom. The SMILES string of the molecule is Cc1cccc(C#CCOc2ccccc2C#N)n1. The highest BCUT2D eigenvalue weighted by Gasteiger charge is 1.99. The Balaban J connectivity index is 2.00. The van der Waals surface area contributed by atoms with Crippen molar-refractivity contribution in [2.75, 3.05) is 6.61 Å². The summed E-state index contributed by atoms with van der Waals surface area (Å²) >= 11 is 0. The van der Waals surface area contributed by atoms with Crippen molar-refractivity contribution in [1.82, 2.24) is 4.98 Å². The maximum atomic E-state index is 8.91. The maximum Gasteiger partial charge on any atom is 0.149 e. The fourth-order valence-electron chi connectivity index (χ4n) is 1.54. The quantitative estimate of drug-likeness (QED) is 0.768. The minimum Gasteiger partial charge on any atom is -0.480 e. The van der Waals surface area contributed by atoms with E-state index in [2.05, 4.69) is 22.9 Å². The molecule has 1 aromatic carbocycles. The van der Waals surface area contributed by atoms with Gasteiger partial charge >= 0.3 is 0 Å². The number of pyridine rings is 1. The highest BCUT2D eigenvalue weighted by atomic mass is 16.5. The van der Waals surface area contributed by atoms with Gasteiger partial charge in [-0.1, -0.05) is 24.1 Å². The van der Waals surface area contributed by atoms with Crippen molar-refractivity contribution in [3.63, 3.8) is 0 Å². The van der Waals surface area contributed by atoms with Gasteiger partial charge in [-0.15, -0.1) is 0 Å². The predicted octanol–water partition coefficient (Wildman–Crippen LogP) is 2.69. The van der Waals surface area contributed by atoms with Crippen LogP contribution in [-0.4, -0.2) is 11.6 Å². The van der Waals surface area contributed by atoms with Crippen LogP contribution in [-0.2, 0) is 0 Å². The third kappa shape index (κ3) is 3.59. The average molecular weight is 248 g/mol. The minimum atomic E-state index is 0.230. The van der Waals surface area contributed by atoms with Crippen molar-refractivity contribution in [3.8, 4) is 23.7 Å². The van der Waals surface area contributed by atoms with Crippen molar-refractivity contribution >= 4 is 0 Å². The van der Waals surface area contributed by atoms with Gasteiger partial charge in [0.25, 0.3) is 0 Å². The molecular weight excluding hydrogens is 236 g/mol. The Hall–Kier alpha value is -2.78. The van der Waals surface area contributed by atoms with Crippen molar-refractivity contribution < 1.29 is 4.74 Å². The van der Waals surface area contributed by atoms with Crippen LogP contribution in [0.25, 0.3) is 0 Å². The molecule has 0 aliphatic heterocycles. The zero-order valence-electron chi connectivity index (χ0n) is 10.6. The lowest BCUT2D eigenvalue weighted by atomic mass is 10.2. The number of nitrogens with zero attached hydrogens (tertiary/aromatic N) is 2. The molecule has 0 amide bonds. The second-order valence-electron chi connectivity index (χ2n) is 3.86. The maximum absolute atomic E-state index is 8.91. The van der Waals surface area contributed by atoms with E-state index in [1.807, 2.05) is 31.2 Å². The summed E-state index contributed by atoms with van der Waals surface area (Å²) in [6.45, 7) is 2.15. The van der Waals surface area contributed by atoms with E-state index in [4.69, 9.17) is 10.00 Å². The number of aromatic nitrogens is 1. The van der Waals surface area contributed by atoms with Gasteiger partial charge in [0, 0.05) is 5.69 Å². The lowest BCUT2D eigenvalue weighted by Crippen LogP contribution is -1.96. The Kier molecular flexibility index (Phi) is 4.16. The van der Waals surface area contributed by atoms with Gasteiger partial charge in [-0.05, 0) is 37.1 Å². The van der Waals surface area contributed by atoms with E-state index < -0.39 is 0 Å². The molecule has 0 bridgehead atoms. The van der Waals surface area contributed by atoms with E-state index in [1.54, 1.807) is 18.2 Å². The summed E-state index contributed by atoms with van der Waals surface area (Å²) in [4.78, 5) is 4.27. The highest BCUT2D eigenvalue weighted by Crippen LogP contribution is 2.15. The zero-order valence-corrected chi connectivity index (χ0v) is 10.6. The highest BCUT2D eigenvalue weighted by molar-refractivity contribution is 5.42. The van der Waals surface area contributed by atoms with E-state index in [-0.39, 0.29) is 6.61 Å². The second kappa shape index (κ2) is 6.23. The summed E-state index contributed by atoms with van der Waals surface area (Å²) in [6, 6.07) is 14.9. The molecule has 2 aromatic rings. The molecule has 19 heavy (non-hydrogen) atoms. The van der Waals surface area contributed by atoms with Gasteiger partial charge in [0.2, 0.25) is 0 Å². The first-order chi connectivity index (χ1) is 9.29. The fourth-order valence-corrected chi connectivity index (χ4v) is 1.54. The molecule has 0 aliphatic carbocycles. The normalized spacial score (nSPS) is 9.05. The van der Waals surface area contributed by atoms with Crippen LogP contribution in [0.1, 0.15) is 17.0 Å². The zero-order chi connectivity index (χ0) is 13.5. The topological polar surface area (TPSA) is 45.9 Å². The van der Waals surface area contributed by atoms with E-state index >= 15 is 0 Å². The number of benzene rings is 1. The predicted molar refractivity (Wildman–Crippen MR) is 72.5 cm³/mol. The molecule has 0 N–H and O–H groups in total. The molecule has 0 saturated carbocycles. The molecule has 0 fully saturated rings. The van der Waals surface area contributed by atoms with E-state index in [1.165, 1.54) is 0 Å². The number of hydrogen-bond donors (Lipinski definition) is 0. The molecule has 0 atom stereocenters. The average Bonchev–Trinajstić information content (AvgIpc) is 2.44. The van der Waals surface area contributed by atoms with Crippen LogP contribution < -0.4 is 4.74 Å². The Labute approximate surface area is 112 Å². The fraction of sp³-hybridized carbons (Fsp3) is 0.125. The molecule has 1 heterocycles. The first-order valence-corrected chi connectivity index (χ1v) is 5.84. The van der Waals surface area contributed by atoms with Gasteiger partial charge < -0.3 is 4.74 Å². The molecule has 3 heteroatoms. The van der Waals surface area contributed by atoms with E-state index in [0.717, 1.165) is 11.4 Å². The molecule has 3 nitrogen and oxygen atoms in total. The molecule has 0 unspecified atom stereocenters. The second-order valence-corrected chi connectivity index (χ2v) is 3.86. The summed E-state index contributed by atoms with van der Waals surface area (Å²) in [5, 5.41) is 8.91. The summed E-state index contributed by atoms with van der Waals surface area (Å²) < 4.78 is 5.46. The number of ether oxygens (including phenoxy) is 1. The van der Waals surface area contributed by atoms with E-state index in [0.29, 0.717) is 11.3 Å². The number of para-hydroxylation sites is 1. The molecular formula is C16H12N2O. The van der Waals surface area contributed by atoms with Crippen molar-refractivity contribution in [2.24, 2.45) is 0 Å². The van der Waals surface area contributed by atoms with Crippen LogP contribution in [0.2, 0.25) is 0 Å². The first kappa shape index (κ1) is 12.7. The van der Waals surface area contributed by atoms with Crippen LogP contribution in [0.3, 0.4) is 0 Å². The van der Waals surface area contributed by atoms with Crippen LogP contribution in [0.15, 0.2) is 42.5 Å². The lowest BCUT2D eigenvalue weighted by molar-refractivity contribution is 0.369. The van der Waals surface area contributed by atoms with Crippen LogP contribution in [0, 0.1) is 30.1 Å². The van der Waals surface area contributed by atoms with Gasteiger partial charge in [-0.25, -0.2) is 4.98 Å². The molecule has 1 aromatic heterocycles. The lowest BCUT2D eigenvalue weighted by Gasteiger charge is -2.02. The monoisotopic (exact) mass is 248 g/mol. The first-order valence-electron chi connectivity index (χ1n) is 5.84. The number of rotatable bonds is 2. The molecule has 0 spiro atoms. The summed E-state index contributed by atoms with van der Waals surface area (Å²) in [7, 11) is 0. The Bertz CT molecular complexity index is 675. The van der Waals surface area contributed by atoms with Gasteiger partial charge in [0.05, 0.1) is 5.56 Å². The smallest absolute Gasteiger partial charge is 0.149 e. The molecule has 0 aliphatic rings. The van der Waals surface area contributed by atoms with Crippen molar-refractivity contribution in [3.05, 3.63) is 59.4 Å². The van der Waals surface area contributed by atoms with Crippen LogP contribution in [0.4, 0.5) is 0 Å². The van der Waals surface area contributed by atoms with Crippen molar-refractivity contribution in [1.29, 1.82) is 5.26 Å². The third-order valence-corrected chi connectivity index (χ3v) is 2.41. The molecule has 0 radical (unpaired) electrons. The molecule has 0 saturated heterocycles. The molecule has 2 rings (SSSR count). The Morgan fingerprint density at radius 3 is 2.79 bits per heavy atom. The van der Waals surface area contributed by atoms with Gasteiger partial charge in [0.15, 0.2) is 0 Å². The van der Waals surface area contributed by atoms with Gasteiger partial charge in [0.1, 0.15) is 24.1 Å². The number of hydrogen-bond acceptors (Lipinski definition) is 3. The summed E-state index contributed by atoms with van der Waals surface area (Å²) in [5.74, 6) is 6.36. The van der Waals surface area contributed by atoms with Crippen LogP contribution >= 0.6 is 0 Å². The van der Waals surface area contributed by atoms with Crippen molar-refractivity contribution in [2.45, 2.75) is 6.92 Å². The third-order valence-electron chi connectivity index (χ3n) is 2.41. The van der Waals surface area contributed by atoms with E-state index in [9.17, 15) is 0 Å². The van der Waals surface area contributed by atoms with Gasteiger partial charge in [-0.2, -0.15) is 5.26 Å². The summed E-state index contributed by atoms with van der Waals surface area (Å²) in [6.07, 6.45) is 0.